The quantitative estimate of drug-likeness (QED) is 0.724. The van der Waals surface area contributed by atoms with Gasteiger partial charge >= 0.3 is 0 Å². The highest BCUT2D eigenvalue weighted by Crippen LogP contribution is 2.35. The fourth-order valence-corrected chi connectivity index (χ4v) is 2.89. The molecule has 28 heavy (non-hydrogen) atoms. The van der Waals surface area contributed by atoms with Crippen molar-refractivity contribution < 1.29 is 19.0 Å². The molecule has 4 rings (SSSR count). The fraction of sp³-hybridized carbons (Fsp3) is 0.182. The van der Waals surface area contributed by atoms with E-state index < -0.39 is 0 Å². The number of pyridine rings is 1. The zero-order valence-corrected chi connectivity index (χ0v) is 15.7. The number of fused-ring (bicyclic) bond motifs is 1. The molecule has 0 bridgehead atoms. The molecule has 0 saturated heterocycles. The summed E-state index contributed by atoms with van der Waals surface area (Å²) < 4.78 is 16.5. The first-order valence-corrected chi connectivity index (χ1v) is 8.97. The molecule has 0 unspecified atom stereocenters. The molecule has 2 heterocycles. The normalized spacial score (nSPS) is 11.9. The van der Waals surface area contributed by atoms with Gasteiger partial charge in [0.1, 0.15) is 5.75 Å². The molecule has 6 nitrogen and oxygen atoms in total. The Balaban J connectivity index is 1.39. The van der Waals surface area contributed by atoms with Crippen LogP contribution >= 0.6 is 0 Å². The van der Waals surface area contributed by atoms with Gasteiger partial charge in [0.05, 0.1) is 5.56 Å². The van der Waals surface area contributed by atoms with Gasteiger partial charge in [-0.25, -0.2) is 4.98 Å². The van der Waals surface area contributed by atoms with Gasteiger partial charge in [0.25, 0.3) is 5.91 Å². The maximum Gasteiger partial charge on any atom is 0.255 e. The molecular formula is C22H20N2O4. The van der Waals surface area contributed by atoms with Crippen molar-refractivity contribution in [3.8, 4) is 23.1 Å². The predicted octanol–water partition coefficient (Wildman–Crippen LogP) is 4.15. The summed E-state index contributed by atoms with van der Waals surface area (Å²) in [4.78, 5) is 16.8. The van der Waals surface area contributed by atoms with Crippen LogP contribution in [0, 0.1) is 13.8 Å². The van der Waals surface area contributed by atoms with Crippen molar-refractivity contribution in [3.05, 3.63) is 77.0 Å². The number of amides is 1. The molecule has 0 spiro atoms. The molecule has 6 heteroatoms. The van der Waals surface area contributed by atoms with Crippen molar-refractivity contribution in [1.82, 2.24) is 10.3 Å². The molecule has 0 saturated carbocycles. The number of aryl methyl sites for hydroxylation is 2. The zero-order chi connectivity index (χ0) is 19.5. The molecule has 0 atom stereocenters. The van der Waals surface area contributed by atoms with Gasteiger partial charge in [-0.1, -0.05) is 24.3 Å². The van der Waals surface area contributed by atoms with Gasteiger partial charge in [0, 0.05) is 18.8 Å². The summed E-state index contributed by atoms with van der Waals surface area (Å²) >= 11 is 0. The lowest BCUT2D eigenvalue weighted by Gasteiger charge is -2.10. The maximum absolute atomic E-state index is 12.5. The number of carbonyl (C=O) groups excluding carboxylic acids is 1. The van der Waals surface area contributed by atoms with E-state index >= 15 is 0 Å². The van der Waals surface area contributed by atoms with E-state index in [-0.39, 0.29) is 12.7 Å². The SMILES string of the molecule is Cc1ccc(C)c(Oc2ccc(CNC(=O)c3cccc4c3OCO4)cn2)c1. The summed E-state index contributed by atoms with van der Waals surface area (Å²) in [5.74, 6) is 2.14. The number of rotatable bonds is 5. The number of carbonyl (C=O) groups is 1. The number of nitrogens with one attached hydrogen (secondary N) is 1. The van der Waals surface area contributed by atoms with Crippen molar-refractivity contribution in [2.75, 3.05) is 6.79 Å². The zero-order valence-electron chi connectivity index (χ0n) is 15.7. The van der Waals surface area contributed by atoms with Crippen LogP contribution in [0.2, 0.25) is 0 Å². The van der Waals surface area contributed by atoms with Crippen LogP contribution < -0.4 is 19.5 Å². The first-order valence-electron chi connectivity index (χ1n) is 8.97. The van der Waals surface area contributed by atoms with Gasteiger partial charge in [0.2, 0.25) is 12.7 Å². The summed E-state index contributed by atoms with van der Waals surface area (Å²) in [5, 5.41) is 2.88. The van der Waals surface area contributed by atoms with Crippen LogP contribution in [0.1, 0.15) is 27.0 Å². The molecule has 1 amide bonds. The van der Waals surface area contributed by atoms with Crippen molar-refractivity contribution in [2.24, 2.45) is 0 Å². The lowest BCUT2D eigenvalue weighted by atomic mass is 10.1. The van der Waals surface area contributed by atoms with E-state index in [0.717, 1.165) is 22.4 Å². The predicted molar refractivity (Wildman–Crippen MR) is 104 cm³/mol. The molecule has 0 fully saturated rings. The molecule has 0 aliphatic carbocycles. The van der Waals surface area contributed by atoms with Crippen LogP contribution in [0.25, 0.3) is 0 Å². The Morgan fingerprint density at radius 2 is 2.04 bits per heavy atom. The van der Waals surface area contributed by atoms with Crippen LogP contribution in [0.15, 0.2) is 54.7 Å². The number of para-hydroxylation sites is 1. The van der Waals surface area contributed by atoms with E-state index in [1.165, 1.54) is 0 Å². The van der Waals surface area contributed by atoms with Crippen molar-refractivity contribution in [3.63, 3.8) is 0 Å². The number of ether oxygens (including phenoxy) is 3. The Labute approximate surface area is 163 Å². The van der Waals surface area contributed by atoms with E-state index in [9.17, 15) is 4.79 Å². The minimum atomic E-state index is -0.224. The molecule has 1 aliphatic rings. The van der Waals surface area contributed by atoms with E-state index in [2.05, 4.69) is 10.3 Å². The molecule has 2 aromatic carbocycles. The van der Waals surface area contributed by atoms with Gasteiger partial charge in [-0.2, -0.15) is 0 Å². The summed E-state index contributed by atoms with van der Waals surface area (Å²) in [6, 6.07) is 15.0. The average Bonchev–Trinajstić information content (AvgIpc) is 3.19. The summed E-state index contributed by atoms with van der Waals surface area (Å²) in [5.41, 5.74) is 3.50. The smallest absolute Gasteiger partial charge is 0.255 e. The molecular weight excluding hydrogens is 356 g/mol. The van der Waals surface area contributed by atoms with Crippen molar-refractivity contribution in [1.29, 1.82) is 0 Å². The van der Waals surface area contributed by atoms with Gasteiger partial charge in [0.15, 0.2) is 11.5 Å². The lowest BCUT2D eigenvalue weighted by Crippen LogP contribution is -2.23. The first kappa shape index (κ1) is 17.9. The molecule has 0 radical (unpaired) electrons. The maximum atomic E-state index is 12.5. The Kier molecular flexibility index (Phi) is 4.85. The van der Waals surface area contributed by atoms with Gasteiger partial charge in [-0.05, 0) is 48.7 Å². The second kappa shape index (κ2) is 7.60. The number of hydrogen-bond donors (Lipinski definition) is 1. The van der Waals surface area contributed by atoms with Gasteiger partial charge in [-0.3, -0.25) is 4.79 Å². The highest BCUT2D eigenvalue weighted by Gasteiger charge is 2.21. The standard InChI is InChI=1S/C22H20N2O4/c1-14-6-7-15(2)19(10-14)28-20-9-8-16(11-23-20)12-24-22(25)17-4-3-5-18-21(17)27-13-26-18/h3-11H,12-13H2,1-2H3,(H,24,25). The van der Waals surface area contributed by atoms with E-state index in [0.29, 0.717) is 29.5 Å². The summed E-state index contributed by atoms with van der Waals surface area (Å²) in [6.45, 7) is 4.49. The molecule has 142 valence electrons. The third kappa shape index (κ3) is 3.76. The number of aromatic nitrogens is 1. The third-order valence-corrected chi connectivity index (χ3v) is 4.45. The Morgan fingerprint density at radius 3 is 2.86 bits per heavy atom. The van der Waals surface area contributed by atoms with E-state index in [1.807, 2.05) is 38.1 Å². The van der Waals surface area contributed by atoms with Crippen LogP contribution in [0.5, 0.6) is 23.1 Å². The van der Waals surface area contributed by atoms with Crippen LogP contribution in [0.3, 0.4) is 0 Å². The Morgan fingerprint density at radius 1 is 1.14 bits per heavy atom. The van der Waals surface area contributed by atoms with Gasteiger partial charge in [-0.15, -0.1) is 0 Å². The highest BCUT2D eigenvalue weighted by molar-refractivity contribution is 5.97. The first-order chi connectivity index (χ1) is 13.6. The van der Waals surface area contributed by atoms with E-state index in [4.69, 9.17) is 14.2 Å². The number of benzene rings is 2. The summed E-state index contributed by atoms with van der Waals surface area (Å²) in [6.07, 6.45) is 1.69. The minimum Gasteiger partial charge on any atom is -0.454 e. The largest absolute Gasteiger partial charge is 0.454 e. The van der Waals surface area contributed by atoms with Crippen LogP contribution in [-0.2, 0) is 6.54 Å². The second-order valence-corrected chi connectivity index (χ2v) is 6.60. The Bertz CT molecular complexity index is 1020. The second-order valence-electron chi connectivity index (χ2n) is 6.60. The van der Waals surface area contributed by atoms with Crippen molar-refractivity contribution in [2.45, 2.75) is 20.4 Å². The minimum absolute atomic E-state index is 0.130. The lowest BCUT2D eigenvalue weighted by molar-refractivity contribution is 0.0946. The van der Waals surface area contributed by atoms with Crippen molar-refractivity contribution >= 4 is 5.91 Å². The van der Waals surface area contributed by atoms with Crippen LogP contribution in [0.4, 0.5) is 0 Å². The molecule has 1 aliphatic heterocycles. The molecule has 1 aromatic heterocycles. The Hall–Kier alpha value is -3.54. The molecule has 1 N–H and O–H groups in total. The van der Waals surface area contributed by atoms with E-state index in [1.54, 1.807) is 30.5 Å². The molecule has 3 aromatic rings. The average molecular weight is 376 g/mol. The number of hydrogen-bond acceptors (Lipinski definition) is 5. The van der Waals surface area contributed by atoms with Crippen LogP contribution in [-0.4, -0.2) is 17.7 Å². The highest BCUT2D eigenvalue weighted by atomic mass is 16.7. The number of nitrogens with zero attached hydrogens (tertiary/aromatic N) is 1. The third-order valence-electron chi connectivity index (χ3n) is 4.45. The topological polar surface area (TPSA) is 69.7 Å². The monoisotopic (exact) mass is 376 g/mol. The van der Waals surface area contributed by atoms with Gasteiger partial charge < -0.3 is 19.5 Å². The summed E-state index contributed by atoms with van der Waals surface area (Å²) in [7, 11) is 0. The fourth-order valence-electron chi connectivity index (χ4n) is 2.89.